The molecule has 0 saturated carbocycles. The fourth-order valence-electron chi connectivity index (χ4n) is 4.01. The van der Waals surface area contributed by atoms with Crippen molar-refractivity contribution < 1.29 is 9.53 Å². The zero-order valence-corrected chi connectivity index (χ0v) is 15.5. The summed E-state index contributed by atoms with van der Waals surface area (Å²) in [5.41, 5.74) is 3.79. The molecule has 134 valence electrons. The van der Waals surface area contributed by atoms with Crippen LogP contribution in [0.2, 0.25) is 0 Å². The zero-order chi connectivity index (χ0) is 18.4. The summed E-state index contributed by atoms with van der Waals surface area (Å²) in [5.74, 6) is 0. The lowest BCUT2D eigenvalue weighted by atomic mass is 9.68. The molecule has 2 aliphatic heterocycles. The van der Waals surface area contributed by atoms with Crippen molar-refractivity contribution in [3.05, 3.63) is 65.7 Å². The SMILES string of the molecule is CC(C)(C)OC(=O)N1CCC2(c3ccccc3)C(=Nc3ccccc32)C1. The monoisotopic (exact) mass is 348 g/mol. The summed E-state index contributed by atoms with van der Waals surface area (Å²) in [6.45, 7) is 6.83. The lowest BCUT2D eigenvalue weighted by Crippen LogP contribution is -2.52. The number of aliphatic imine (C=N–C) groups is 1. The van der Waals surface area contributed by atoms with E-state index < -0.39 is 5.60 Å². The number of rotatable bonds is 1. The molecule has 4 nitrogen and oxygen atoms in total. The maximum absolute atomic E-state index is 12.6. The molecule has 1 saturated heterocycles. The Morgan fingerprint density at radius 2 is 1.77 bits per heavy atom. The number of amides is 1. The molecule has 0 aromatic heterocycles. The molecule has 4 rings (SSSR count). The molecule has 0 N–H and O–H groups in total. The van der Waals surface area contributed by atoms with Gasteiger partial charge in [0.25, 0.3) is 0 Å². The van der Waals surface area contributed by atoms with Gasteiger partial charge in [0, 0.05) is 6.54 Å². The van der Waals surface area contributed by atoms with Crippen molar-refractivity contribution in [2.75, 3.05) is 13.1 Å². The van der Waals surface area contributed by atoms with Crippen LogP contribution >= 0.6 is 0 Å². The second-order valence-corrected chi connectivity index (χ2v) is 8.00. The summed E-state index contributed by atoms with van der Waals surface area (Å²) in [6, 6.07) is 18.8. The van der Waals surface area contributed by atoms with E-state index in [1.165, 1.54) is 11.1 Å². The number of carbonyl (C=O) groups excluding carboxylic acids is 1. The summed E-state index contributed by atoms with van der Waals surface area (Å²) >= 11 is 0. The third kappa shape index (κ3) is 2.70. The van der Waals surface area contributed by atoms with E-state index in [9.17, 15) is 4.79 Å². The van der Waals surface area contributed by atoms with E-state index in [1.54, 1.807) is 4.90 Å². The van der Waals surface area contributed by atoms with Gasteiger partial charge in [0.1, 0.15) is 5.60 Å². The van der Waals surface area contributed by atoms with Crippen LogP contribution in [0.3, 0.4) is 0 Å². The predicted molar refractivity (Wildman–Crippen MR) is 103 cm³/mol. The predicted octanol–water partition coefficient (Wildman–Crippen LogP) is 4.70. The van der Waals surface area contributed by atoms with Crippen molar-refractivity contribution in [1.29, 1.82) is 0 Å². The van der Waals surface area contributed by atoms with Gasteiger partial charge in [0.2, 0.25) is 0 Å². The largest absolute Gasteiger partial charge is 0.444 e. The molecule has 0 bridgehead atoms. The number of benzene rings is 2. The standard InChI is InChI=1S/C22H24N2O2/c1-21(2,3)26-20(25)24-14-13-22(16-9-5-4-6-10-16)17-11-7-8-12-18(17)23-19(22)15-24/h4-12H,13-15H2,1-3H3. The number of piperidine rings is 1. The minimum atomic E-state index is -0.495. The number of carbonyl (C=O) groups is 1. The van der Waals surface area contributed by atoms with Crippen LogP contribution in [-0.4, -0.2) is 35.4 Å². The van der Waals surface area contributed by atoms with Crippen molar-refractivity contribution in [3.63, 3.8) is 0 Å². The van der Waals surface area contributed by atoms with E-state index in [0.717, 1.165) is 17.8 Å². The number of nitrogens with zero attached hydrogens (tertiary/aromatic N) is 2. The molecule has 4 heteroatoms. The van der Waals surface area contributed by atoms with Crippen molar-refractivity contribution in [1.82, 2.24) is 4.90 Å². The third-order valence-corrected chi connectivity index (χ3v) is 5.13. The number of likely N-dealkylation sites (tertiary alicyclic amines) is 1. The van der Waals surface area contributed by atoms with E-state index in [-0.39, 0.29) is 11.5 Å². The van der Waals surface area contributed by atoms with Crippen LogP contribution in [0.5, 0.6) is 0 Å². The third-order valence-electron chi connectivity index (χ3n) is 5.13. The fourth-order valence-corrected chi connectivity index (χ4v) is 4.01. The van der Waals surface area contributed by atoms with Gasteiger partial charge in [-0.25, -0.2) is 4.79 Å². The average Bonchev–Trinajstić information content (AvgIpc) is 2.95. The lowest BCUT2D eigenvalue weighted by Gasteiger charge is -2.41. The van der Waals surface area contributed by atoms with Crippen LogP contribution in [0.4, 0.5) is 10.5 Å². The number of fused-ring (bicyclic) bond motifs is 3. The molecule has 2 aromatic rings. The summed E-state index contributed by atoms with van der Waals surface area (Å²) in [5, 5.41) is 0. The second-order valence-electron chi connectivity index (χ2n) is 8.00. The van der Waals surface area contributed by atoms with Gasteiger partial charge >= 0.3 is 6.09 Å². The molecule has 0 radical (unpaired) electrons. The van der Waals surface area contributed by atoms with Crippen LogP contribution < -0.4 is 0 Å². The van der Waals surface area contributed by atoms with Gasteiger partial charge in [0.05, 0.1) is 23.4 Å². The molecular weight excluding hydrogens is 324 g/mol. The van der Waals surface area contributed by atoms with Gasteiger partial charge in [-0.1, -0.05) is 48.5 Å². The van der Waals surface area contributed by atoms with Gasteiger partial charge < -0.3 is 9.64 Å². The lowest BCUT2D eigenvalue weighted by molar-refractivity contribution is 0.0256. The summed E-state index contributed by atoms with van der Waals surface area (Å²) in [7, 11) is 0. The van der Waals surface area contributed by atoms with Crippen LogP contribution in [0.1, 0.15) is 38.3 Å². The molecule has 2 aliphatic rings. The van der Waals surface area contributed by atoms with Crippen LogP contribution in [0.25, 0.3) is 0 Å². The normalized spacial score (nSPS) is 21.7. The summed E-state index contributed by atoms with van der Waals surface area (Å²) in [4.78, 5) is 19.3. The molecule has 0 spiro atoms. The maximum Gasteiger partial charge on any atom is 0.410 e. The highest BCUT2D eigenvalue weighted by atomic mass is 16.6. The van der Waals surface area contributed by atoms with E-state index in [2.05, 4.69) is 42.5 Å². The van der Waals surface area contributed by atoms with E-state index >= 15 is 0 Å². The minimum Gasteiger partial charge on any atom is -0.444 e. The number of ether oxygens (including phenoxy) is 1. The Morgan fingerprint density at radius 1 is 1.08 bits per heavy atom. The number of hydrogen-bond acceptors (Lipinski definition) is 3. The highest BCUT2D eigenvalue weighted by Crippen LogP contribution is 2.48. The molecule has 1 atom stereocenters. The maximum atomic E-state index is 12.6. The van der Waals surface area contributed by atoms with Gasteiger partial charge in [-0.2, -0.15) is 0 Å². The molecule has 2 heterocycles. The van der Waals surface area contributed by atoms with Crippen molar-refractivity contribution in [3.8, 4) is 0 Å². The first-order valence-corrected chi connectivity index (χ1v) is 9.11. The Balaban J connectivity index is 1.72. The first-order valence-electron chi connectivity index (χ1n) is 9.11. The highest BCUT2D eigenvalue weighted by molar-refractivity contribution is 6.07. The molecule has 1 fully saturated rings. The van der Waals surface area contributed by atoms with Crippen LogP contribution in [-0.2, 0) is 10.2 Å². The average molecular weight is 348 g/mol. The second kappa shape index (κ2) is 5.97. The molecule has 0 aliphatic carbocycles. The van der Waals surface area contributed by atoms with Gasteiger partial charge in [-0.05, 0) is 44.4 Å². The first kappa shape index (κ1) is 16.8. The number of hydrogen-bond donors (Lipinski definition) is 0. The molecule has 2 aromatic carbocycles. The fraction of sp³-hybridized carbons (Fsp3) is 0.364. The Hall–Kier alpha value is -2.62. The van der Waals surface area contributed by atoms with Gasteiger partial charge in [0.15, 0.2) is 0 Å². The van der Waals surface area contributed by atoms with Crippen LogP contribution in [0, 0.1) is 0 Å². The van der Waals surface area contributed by atoms with Gasteiger partial charge in [-0.3, -0.25) is 4.99 Å². The summed E-state index contributed by atoms with van der Waals surface area (Å²) in [6.07, 6.45) is 0.546. The van der Waals surface area contributed by atoms with Crippen molar-refractivity contribution in [2.45, 2.75) is 38.2 Å². The molecule has 26 heavy (non-hydrogen) atoms. The van der Waals surface area contributed by atoms with Crippen molar-refractivity contribution in [2.24, 2.45) is 4.99 Å². The Bertz CT molecular complexity index is 867. The zero-order valence-electron chi connectivity index (χ0n) is 15.5. The number of para-hydroxylation sites is 1. The minimum absolute atomic E-state index is 0.240. The summed E-state index contributed by atoms with van der Waals surface area (Å²) < 4.78 is 5.57. The Morgan fingerprint density at radius 3 is 2.50 bits per heavy atom. The van der Waals surface area contributed by atoms with Crippen molar-refractivity contribution >= 4 is 17.5 Å². The first-order chi connectivity index (χ1) is 12.4. The van der Waals surface area contributed by atoms with E-state index in [4.69, 9.17) is 9.73 Å². The molecular formula is C22H24N2O2. The Labute approximate surface area is 154 Å². The quantitative estimate of drug-likeness (QED) is 0.749. The molecule has 1 unspecified atom stereocenters. The van der Waals surface area contributed by atoms with Crippen LogP contribution in [0.15, 0.2) is 59.6 Å². The Kier molecular flexibility index (Phi) is 3.87. The highest BCUT2D eigenvalue weighted by Gasteiger charge is 2.48. The molecule has 1 amide bonds. The topological polar surface area (TPSA) is 41.9 Å². The van der Waals surface area contributed by atoms with E-state index in [1.807, 2.05) is 32.9 Å². The van der Waals surface area contributed by atoms with Gasteiger partial charge in [-0.15, -0.1) is 0 Å². The smallest absolute Gasteiger partial charge is 0.410 e. The van der Waals surface area contributed by atoms with E-state index in [0.29, 0.717) is 13.1 Å².